The molecule has 0 saturated carbocycles. The van der Waals surface area contributed by atoms with Gasteiger partial charge < -0.3 is 10.7 Å². The predicted molar refractivity (Wildman–Crippen MR) is 77.3 cm³/mol. The second kappa shape index (κ2) is 4.08. The number of nitrogen functional groups attached to an aromatic ring is 1. The van der Waals surface area contributed by atoms with Gasteiger partial charge in [-0.2, -0.15) is 0 Å². The van der Waals surface area contributed by atoms with Crippen LogP contribution >= 0.6 is 0 Å². The van der Waals surface area contributed by atoms with E-state index in [1.54, 1.807) is 0 Å². The molecule has 0 saturated heterocycles. The fourth-order valence-corrected chi connectivity index (χ4v) is 2.27. The van der Waals surface area contributed by atoms with Gasteiger partial charge in [0.05, 0.1) is 0 Å². The van der Waals surface area contributed by atoms with Crippen molar-refractivity contribution in [3.63, 3.8) is 0 Å². The SMILES string of the molecule is C=C(c1ccccc1)c1c(N)ccc2[nH]ccc12. The third-order valence-corrected chi connectivity index (χ3v) is 3.19. The van der Waals surface area contributed by atoms with E-state index in [1.165, 1.54) is 0 Å². The Hall–Kier alpha value is -2.48. The van der Waals surface area contributed by atoms with E-state index < -0.39 is 0 Å². The van der Waals surface area contributed by atoms with Crippen LogP contribution in [0.4, 0.5) is 5.69 Å². The summed E-state index contributed by atoms with van der Waals surface area (Å²) < 4.78 is 0. The van der Waals surface area contributed by atoms with Crippen molar-refractivity contribution in [3.8, 4) is 0 Å². The number of hydrogen-bond donors (Lipinski definition) is 2. The van der Waals surface area contributed by atoms with E-state index in [0.29, 0.717) is 0 Å². The minimum absolute atomic E-state index is 0.760. The van der Waals surface area contributed by atoms with Gasteiger partial charge in [0, 0.05) is 28.4 Å². The third-order valence-electron chi connectivity index (χ3n) is 3.19. The van der Waals surface area contributed by atoms with Gasteiger partial charge in [0.1, 0.15) is 0 Å². The maximum atomic E-state index is 6.11. The van der Waals surface area contributed by atoms with E-state index in [1.807, 2.05) is 54.7 Å². The standard InChI is InChI=1S/C16H14N2/c1-11(12-5-3-2-4-6-12)16-13-9-10-18-15(13)8-7-14(16)17/h2-10,18H,1,17H2. The molecule has 1 aromatic heterocycles. The van der Waals surface area contributed by atoms with Crippen molar-refractivity contribution in [3.05, 3.63) is 72.4 Å². The Labute approximate surface area is 106 Å². The van der Waals surface area contributed by atoms with Gasteiger partial charge in [0.25, 0.3) is 0 Å². The number of aromatic nitrogens is 1. The lowest BCUT2D eigenvalue weighted by Gasteiger charge is -2.11. The zero-order chi connectivity index (χ0) is 12.5. The molecule has 0 atom stereocenters. The minimum Gasteiger partial charge on any atom is -0.398 e. The molecule has 3 N–H and O–H groups in total. The van der Waals surface area contributed by atoms with Gasteiger partial charge in [-0.25, -0.2) is 0 Å². The molecule has 0 aliphatic heterocycles. The lowest BCUT2D eigenvalue weighted by Crippen LogP contribution is -1.95. The van der Waals surface area contributed by atoms with Crippen LogP contribution in [0.1, 0.15) is 11.1 Å². The fourth-order valence-electron chi connectivity index (χ4n) is 2.27. The summed E-state index contributed by atoms with van der Waals surface area (Å²) in [5, 5.41) is 1.11. The van der Waals surface area contributed by atoms with Crippen molar-refractivity contribution in [2.45, 2.75) is 0 Å². The summed E-state index contributed by atoms with van der Waals surface area (Å²) in [7, 11) is 0. The number of benzene rings is 2. The second-order valence-electron chi connectivity index (χ2n) is 4.31. The van der Waals surface area contributed by atoms with Crippen LogP contribution in [0.15, 0.2) is 61.3 Å². The van der Waals surface area contributed by atoms with E-state index in [4.69, 9.17) is 5.73 Å². The Balaban J connectivity index is 2.23. The van der Waals surface area contributed by atoms with Crippen molar-refractivity contribution in [2.24, 2.45) is 0 Å². The lowest BCUT2D eigenvalue weighted by molar-refractivity contribution is 1.48. The number of nitrogens with two attached hydrogens (primary N) is 1. The number of hydrogen-bond acceptors (Lipinski definition) is 1. The highest BCUT2D eigenvalue weighted by Crippen LogP contribution is 2.32. The molecule has 2 heteroatoms. The van der Waals surface area contributed by atoms with Crippen LogP contribution in [0.5, 0.6) is 0 Å². The minimum atomic E-state index is 0.760. The Morgan fingerprint density at radius 2 is 1.78 bits per heavy atom. The number of rotatable bonds is 2. The molecule has 3 aromatic rings. The molecule has 0 radical (unpaired) electrons. The molecule has 0 unspecified atom stereocenters. The highest BCUT2D eigenvalue weighted by molar-refractivity contribution is 6.00. The fraction of sp³-hybridized carbons (Fsp3) is 0. The van der Waals surface area contributed by atoms with Crippen LogP contribution in [-0.4, -0.2) is 4.98 Å². The van der Waals surface area contributed by atoms with Gasteiger partial charge in [-0.05, 0) is 29.3 Å². The van der Waals surface area contributed by atoms with Crippen molar-refractivity contribution in [1.29, 1.82) is 0 Å². The van der Waals surface area contributed by atoms with Gasteiger partial charge in [0.2, 0.25) is 0 Å². The van der Waals surface area contributed by atoms with Gasteiger partial charge in [-0.1, -0.05) is 36.9 Å². The maximum absolute atomic E-state index is 6.11. The highest BCUT2D eigenvalue weighted by Gasteiger charge is 2.10. The average Bonchev–Trinajstić information content (AvgIpc) is 2.87. The summed E-state index contributed by atoms with van der Waals surface area (Å²) in [6, 6.07) is 16.1. The monoisotopic (exact) mass is 234 g/mol. The zero-order valence-corrected chi connectivity index (χ0v) is 9.98. The van der Waals surface area contributed by atoms with Gasteiger partial charge in [-0.15, -0.1) is 0 Å². The summed E-state index contributed by atoms with van der Waals surface area (Å²) in [4.78, 5) is 3.20. The van der Waals surface area contributed by atoms with Crippen molar-refractivity contribution in [2.75, 3.05) is 5.73 Å². The quantitative estimate of drug-likeness (QED) is 0.650. The topological polar surface area (TPSA) is 41.8 Å². The Morgan fingerprint density at radius 3 is 2.56 bits per heavy atom. The molecule has 0 aliphatic rings. The molecule has 0 fully saturated rings. The number of nitrogens with one attached hydrogen (secondary N) is 1. The highest BCUT2D eigenvalue weighted by atomic mass is 14.7. The third kappa shape index (κ3) is 1.59. The normalized spacial score (nSPS) is 10.7. The Morgan fingerprint density at radius 1 is 1.00 bits per heavy atom. The molecule has 3 rings (SSSR count). The van der Waals surface area contributed by atoms with Crippen molar-refractivity contribution in [1.82, 2.24) is 4.98 Å². The van der Waals surface area contributed by atoms with Crippen LogP contribution in [-0.2, 0) is 0 Å². The lowest BCUT2D eigenvalue weighted by atomic mass is 9.95. The number of anilines is 1. The van der Waals surface area contributed by atoms with Gasteiger partial charge in [-0.3, -0.25) is 0 Å². The predicted octanol–water partition coefficient (Wildman–Crippen LogP) is 3.81. The first kappa shape index (κ1) is 10.7. The van der Waals surface area contributed by atoms with Crippen LogP contribution in [0.2, 0.25) is 0 Å². The molecule has 2 aromatic carbocycles. The van der Waals surface area contributed by atoms with Crippen molar-refractivity contribution < 1.29 is 0 Å². The van der Waals surface area contributed by atoms with Gasteiger partial charge >= 0.3 is 0 Å². The van der Waals surface area contributed by atoms with Crippen LogP contribution in [0.3, 0.4) is 0 Å². The van der Waals surface area contributed by atoms with E-state index in [2.05, 4.69) is 11.6 Å². The first-order valence-electron chi connectivity index (χ1n) is 5.87. The number of H-pyrrole nitrogens is 1. The molecule has 0 amide bonds. The molecule has 0 bridgehead atoms. The van der Waals surface area contributed by atoms with Crippen molar-refractivity contribution >= 4 is 22.2 Å². The molecule has 88 valence electrons. The summed E-state index contributed by atoms with van der Waals surface area (Å²) >= 11 is 0. The van der Waals surface area contributed by atoms with Crippen LogP contribution in [0.25, 0.3) is 16.5 Å². The summed E-state index contributed by atoms with van der Waals surface area (Å²) in [5.74, 6) is 0. The first-order chi connectivity index (χ1) is 8.77. The largest absolute Gasteiger partial charge is 0.398 e. The molecule has 0 spiro atoms. The smallest absolute Gasteiger partial charge is 0.0461 e. The number of aromatic amines is 1. The second-order valence-corrected chi connectivity index (χ2v) is 4.31. The average molecular weight is 234 g/mol. The molecule has 1 heterocycles. The molecule has 0 aliphatic carbocycles. The van der Waals surface area contributed by atoms with E-state index >= 15 is 0 Å². The molecular weight excluding hydrogens is 220 g/mol. The van der Waals surface area contributed by atoms with E-state index in [-0.39, 0.29) is 0 Å². The maximum Gasteiger partial charge on any atom is 0.0461 e. The number of fused-ring (bicyclic) bond motifs is 1. The zero-order valence-electron chi connectivity index (χ0n) is 9.98. The van der Waals surface area contributed by atoms with Crippen LogP contribution in [0, 0.1) is 0 Å². The molecule has 2 nitrogen and oxygen atoms in total. The van der Waals surface area contributed by atoms with Gasteiger partial charge in [0.15, 0.2) is 0 Å². The molecule has 18 heavy (non-hydrogen) atoms. The van der Waals surface area contributed by atoms with E-state index in [0.717, 1.165) is 33.3 Å². The summed E-state index contributed by atoms with van der Waals surface area (Å²) in [6.45, 7) is 4.19. The summed E-state index contributed by atoms with van der Waals surface area (Å²) in [6.07, 6.45) is 1.92. The first-order valence-corrected chi connectivity index (χ1v) is 5.87. The Bertz CT molecular complexity index is 708. The molecular formula is C16H14N2. The van der Waals surface area contributed by atoms with Crippen LogP contribution < -0.4 is 5.73 Å². The summed E-state index contributed by atoms with van der Waals surface area (Å²) in [5.41, 5.74) is 11.0. The Kier molecular flexibility index (Phi) is 2.41. The van der Waals surface area contributed by atoms with E-state index in [9.17, 15) is 0 Å².